The molecule has 6 nitrogen and oxygen atoms in total. The quantitative estimate of drug-likeness (QED) is 0.0583. The third-order valence-electron chi connectivity index (χ3n) is 17.2. The molecule has 1 N–H and O–H groups in total. The van der Waals surface area contributed by atoms with Crippen LogP contribution in [0.2, 0.25) is 19.6 Å². The number of thioether (sulfide) groups is 2. The second kappa shape index (κ2) is 28.2. The van der Waals surface area contributed by atoms with Gasteiger partial charge in [-0.25, -0.2) is 0 Å². The minimum absolute atomic E-state index is 0.0762. The average molecular weight is 1150 g/mol. The molecule has 0 bridgehead atoms. The molecule has 8 rings (SSSR count). The molecule has 0 atom stereocenters. The number of rotatable bonds is 16. The van der Waals surface area contributed by atoms with Crippen LogP contribution in [0, 0.1) is 51.4 Å². The van der Waals surface area contributed by atoms with Gasteiger partial charge in [0.15, 0.2) is 8.32 Å². The molecular formula is C73H88O6S2Si. The summed E-state index contributed by atoms with van der Waals surface area (Å²) in [6, 6.07) is 43.7. The van der Waals surface area contributed by atoms with Crippen LogP contribution in [0.1, 0.15) is 146 Å². The van der Waals surface area contributed by atoms with E-state index in [1.807, 2.05) is 47.8 Å². The lowest BCUT2D eigenvalue weighted by atomic mass is 9.69. The second-order valence-corrected chi connectivity index (χ2v) is 30.4. The van der Waals surface area contributed by atoms with E-state index in [-0.39, 0.29) is 34.8 Å². The molecule has 2 saturated heterocycles. The highest BCUT2D eigenvalue weighted by atomic mass is 32.2. The fourth-order valence-electron chi connectivity index (χ4n) is 12.1. The Balaban J connectivity index is 0.000000237. The topological polar surface area (TPSA) is 82.1 Å². The van der Waals surface area contributed by atoms with Gasteiger partial charge in [0.1, 0.15) is 11.2 Å². The van der Waals surface area contributed by atoms with E-state index in [9.17, 15) is 14.7 Å². The van der Waals surface area contributed by atoms with Crippen LogP contribution in [-0.2, 0) is 47.2 Å². The van der Waals surface area contributed by atoms with E-state index in [1.165, 1.54) is 64.3 Å². The number of methoxy groups -OCH3 is 2. The number of carbonyl (C=O) groups excluding carboxylic acids is 2. The first kappa shape index (κ1) is 63.8. The summed E-state index contributed by atoms with van der Waals surface area (Å²) < 4.78 is 16.3. The molecule has 0 spiro atoms. The molecule has 2 heterocycles. The standard InChI is InChI=1S/C38H48O3SSi.C35H40O3S/c1-9-38(10-2,34-17-18-35(29(4)26-34)32-13-11-30(12-14-32)27-36(39)40-5)33-16-15-31(28(3)25-33)19-20-37(41-43(6,7)8)21-23-42-24-22-37;1-6-35(7-2,30-13-12-28(25(3)22-30)16-17-34(37)18-20-39-21-19-34)31-14-15-32(26(4)23-31)29-10-8-27(9-11-29)24-33(36)38-5/h11-18,25-26H,9-10,21-24,27H2,1-8H3;8-15,22-23,37H,6-7,18-21,24H2,1-5H3. The van der Waals surface area contributed by atoms with Crippen LogP contribution in [0.3, 0.4) is 0 Å². The van der Waals surface area contributed by atoms with Gasteiger partial charge >= 0.3 is 11.9 Å². The largest absolute Gasteiger partial charge is 0.469 e. The predicted molar refractivity (Wildman–Crippen MR) is 349 cm³/mol. The first-order valence-electron chi connectivity index (χ1n) is 29.6. The van der Waals surface area contributed by atoms with Gasteiger partial charge in [0, 0.05) is 22.0 Å². The Bertz CT molecular complexity index is 3290. The summed E-state index contributed by atoms with van der Waals surface area (Å²) in [6.45, 7) is 24.6. The summed E-state index contributed by atoms with van der Waals surface area (Å²) in [6.07, 6.45) is 8.08. The van der Waals surface area contributed by atoms with Crippen molar-refractivity contribution in [3.8, 4) is 45.9 Å². The van der Waals surface area contributed by atoms with Gasteiger partial charge in [-0.05, 0) is 212 Å². The molecule has 2 aliphatic heterocycles. The van der Waals surface area contributed by atoms with E-state index in [4.69, 9.17) is 13.9 Å². The average Bonchev–Trinajstić information content (AvgIpc) is 3.16. The van der Waals surface area contributed by atoms with Crippen LogP contribution < -0.4 is 0 Å². The third kappa shape index (κ3) is 15.5. The maximum Gasteiger partial charge on any atom is 0.309 e. The van der Waals surface area contributed by atoms with Crippen molar-refractivity contribution in [2.24, 2.45) is 0 Å². The molecule has 6 aromatic rings. The Labute approximate surface area is 501 Å². The molecule has 0 amide bonds. The summed E-state index contributed by atoms with van der Waals surface area (Å²) in [5, 5.41) is 10.8. The van der Waals surface area contributed by atoms with Crippen LogP contribution in [0.5, 0.6) is 0 Å². The van der Waals surface area contributed by atoms with E-state index < -0.39 is 13.9 Å². The number of esters is 2. The Morgan fingerprint density at radius 1 is 0.512 bits per heavy atom. The molecule has 2 fully saturated rings. The maximum atomic E-state index is 11.7. The van der Waals surface area contributed by atoms with Crippen LogP contribution in [-0.4, -0.2) is 73.8 Å². The van der Waals surface area contributed by atoms with E-state index >= 15 is 0 Å². The van der Waals surface area contributed by atoms with Crippen LogP contribution in [0.25, 0.3) is 22.3 Å². The number of aryl methyl sites for hydroxylation is 4. The first-order chi connectivity index (χ1) is 39.2. The van der Waals surface area contributed by atoms with Crippen molar-refractivity contribution >= 4 is 43.8 Å². The van der Waals surface area contributed by atoms with E-state index in [2.05, 4.69) is 196 Å². The van der Waals surface area contributed by atoms with Gasteiger partial charge in [0.05, 0.1) is 27.1 Å². The maximum absolute atomic E-state index is 11.7. The highest BCUT2D eigenvalue weighted by Gasteiger charge is 2.37. The van der Waals surface area contributed by atoms with Gasteiger partial charge < -0.3 is 19.0 Å². The first-order valence-corrected chi connectivity index (χ1v) is 35.3. The number of hydrogen-bond donors (Lipinski definition) is 1. The van der Waals surface area contributed by atoms with E-state index in [1.54, 1.807) is 0 Å². The minimum Gasteiger partial charge on any atom is -0.469 e. The molecule has 0 unspecified atom stereocenters. The van der Waals surface area contributed by atoms with Gasteiger partial charge in [-0.3, -0.25) is 9.59 Å². The lowest BCUT2D eigenvalue weighted by Crippen LogP contribution is -2.44. The zero-order valence-corrected chi connectivity index (χ0v) is 53.9. The normalized spacial score (nSPS) is 14.9. The molecule has 9 heteroatoms. The summed E-state index contributed by atoms with van der Waals surface area (Å²) in [5.41, 5.74) is 17.6. The highest BCUT2D eigenvalue weighted by Crippen LogP contribution is 2.43. The van der Waals surface area contributed by atoms with Gasteiger partial charge in [-0.1, -0.05) is 161 Å². The number of hydrogen-bond acceptors (Lipinski definition) is 8. The number of carbonyl (C=O) groups is 2. The number of aliphatic hydroxyl groups is 1. The molecule has 0 aliphatic carbocycles. The van der Waals surface area contributed by atoms with Gasteiger partial charge in [0.25, 0.3) is 0 Å². The van der Waals surface area contributed by atoms with Crippen molar-refractivity contribution in [3.63, 3.8) is 0 Å². The predicted octanol–water partition coefficient (Wildman–Crippen LogP) is 16.7. The Hall–Kier alpha value is -5.78. The fraction of sp³-hybridized carbons (Fsp3) is 0.425. The number of benzene rings is 6. The molecule has 432 valence electrons. The minimum atomic E-state index is -1.72. The SMILES string of the molecule is CCC(CC)(c1ccc(C#CC2(O)CCSCC2)c(C)c1)c1ccc(-c2ccc(CC(=O)OC)cc2)c(C)c1.CCC(CC)(c1ccc(C#CC2(O[Si](C)(C)C)CCSCC2)c(C)c1)c1ccc(-c2ccc(CC(=O)OC)cc2)c(C)c1. The molecule has 0 aromatic heterocycles. The Morgan fingerprint density at radius 3 is 1.21 bits per heavy atom. The smallest absolute Gasteiger partial charge is 0.309 e. The summed E-state index contributed by atoms with van der Waals surface area (Å²) in [7, 11) is 1.12. The summed E-state index contributed by atoms with van der Waals surface area (Å²) >= 11 is 3.90. The molecule has 0 radical (unpaired) electrons. The number of ether oxygens (including phenoxy) is 2. The molecular weight excluding hydrogens is 1070 g/mol. The van der Waals surface area contributed by atoms with Crippen molar-refractivity contribution < 1.29 is 28.6 Å². The van der Waals surface area contributed by atoms with Gasteiger partial charge in [-0.15, -0.1) is 0 Å². The van der Waals surface area contributed by atoms with Crippen molar-refractivity contribution in [2.75, 3.05) is 37.2 Å². The van der Waals surface area contributed by atoms with Gasteiger partial charge in [0.2, 0.25) is 0 Å². The second-order valence-electron chi connectivity index (χ2n) is 23.6. The molecule has 2 aliphatic rings. The molecule has 6 aromatic carbocycles. The van der Waals surface area contributed by atoms with Crippen LogP contribution in [0.15, 0.2) is 121 Å². The lowest BCUT2D eigenvalue weighted by molar-refractivity contribution is -0.140. The summed E-state index contributed by atoms with van der Waals surface area (Å²) in [5.74, 6) is 17.4. The zero-order valence-electron chi connectivity index (χ0n) is 51.3. The Kier molecular flexibility index (Phi) is 21.9. The summed E-state index contributed by atoms with van der Waals surface area (Å²) in [4.78, 5) is 23.3. The Morgan fingerprint density at radius 2 is 0.866 bits per heavy atom. The van der Waals surface area contributed by atoms with E-state index in [0.717, 1.165) is 113 Å². The lowest BCUT2D eigenvalue weighted by Gasteiger charge is -2.37. The van der Waals surface area contributed by atoms with E-state index in [0.29, 0.717) is 6.42 Å². The van der Waals surface area contributed by atoms with Crippen LogP contribution >= 0.6 is 23.5 Å². The third-order valence-corrected chi connectivity index (χ3v) is 20.2. The highest BCUT2D eigenvalue weighted by molar-refractivity contribution is 7.99. The molecule has 0 saturated carbocycles. The van der Waals surface area contributed by atoms with Gasteiger partial charge in [-0.2, -0.15) is 23.5 Å². The van der Waals surface area contributed by atoms with Crippen molar-refractivity contribution in [2.45, 2.75) is 161 Å². The van der Waals surface area contributed by atoms with Crippen molar-refractivity contribution in [1.82, 2.24) is 0 Å². The zero-order chi connectivity index (χ0) is 59.3. The van der Waals surface area contributed by atoms with Crippen LogP contribution in [0.4, 0.5) is 0 Å². The van der Waals surface area contributed by atoms with Crippen molar-refractivity contribution in [3.05, 3.63) is 188 Å². The molecule has 82 heavy (non-hydrogen) atoms. The fourth-order valence-corrected chi connectivity index (χ4v) is 15.8. The van der Waals surface area contributed by atoms with Crippen molar-refractivity contribution in [1.29, 1.82) is 0 Å². The monoisotopic (exact) mass is 1150 g/mol.